The largest absolute Gasteiger partial charge is 0.753 e. The van der Waals surface area contributed by atoms with Crippen molar-refractivity contribution in [2.45, 2.75) is 19.5 Å². The zero-order chi connectivity index (χ0) is 15.9. The summed E-state index contributed by atoms with van der Waals surface area (Å²) in [4.78, 5) is 12.9. The van der Waals surface area contributed by atoms with Crippen LogP contribution in [0.25, 0.3) is 5.70 Å². The second-order valence-corrected chi connectivity index (χ2v) is 6.33. The topological polar surface area (TPSA) is 46.4 Å². The highest BCUT2D eigenvalue weighted by Gasteiger charge is 2.54. The van der Waals surface area contributed by atoms with Crippen LogP contribution in [0.5, 0.6) is 0 Å². The summed E-state index contributed by atoms with van der Waals surface area (Å²) in [5, 5.41) is 13.5. The van der Waals surface area contributed by atoms with E-state index in [4.69, 9.17) is 0 Å². The van der Waals surface area contributed by atoms with Crippen LogP contribution in [-0.2, 0) is 5.66 Å². The van der Waals surface area contributed by atoms with Gasteiger partial charge >= 0.3 is 5.66 Å². The van der Waals surface area contributed by atoms with Crippen LogP contribution in [0, 0.1) is 10.1 Å². The van der Waals surface area contributed by atoms with E-state index in [1.165, 1.54) is 0 Å². The van der Waals surface area contributed by atoms with Gasteiger partial charge in [-0.15, -0.1) is 0 Å². The molecule has 0 aromatic heterocycles. The number of nitroso groups, excluding NO2 is 1. The van der Waals surface area contributed by atoms with Crippen LogP contribution >= 0.6 is 15.9 Å². The number of nitrogens with zero attached hydrogens (tertiary/aromatic N) is 2. The first-order valence-corrected chi connectivity index (χ1v) is 7.72. The summed E-state index contributed by atoms with van der Waals surface area (Å²) in [7, 11) is 0. The van der Waals surface area contributed by atoms with Crippen molar-refractivity contribution in [2.75, 3.05) is 0 Å². The Morgan fingerprint density at radius 1 is 1.09 bits per heavy atom. The van der Waals surface area contributed by atoms with E-state index in [-0.39, 0.29) is 0 Å². The standard InChI is InChI=1S/C17H15BrN2O2/c1-12-16(13-6-4-3-5-7-13)20(22)17(2,19(12)21)14-8-10-15(18)11-9-14/h3-11H,1-2H3/t17-/m0/s1. The van der Waals surface area contributed by atoms with Gasteiger partial charge in [-0.1, -0.05) is 34.1 Å². The fraction of sp³-hybridized carbons (Fsp3) is 0.176. The van der Waals surface area contributed by atoms with Gasteiger partial charge in [0.05, 0.1) is 16.0 Å². The molecule has 3 rings (SSSR count). The fourth-order valence-corrected chi connectivity index (χ4v) is 3.06. The molecule has 0 aliphatic carbocycles. The van der Waals surface area contributed by atoms with E-state index < -0.39 is 5.66 Å². The predicted molar refractivity (Wildman–Crippen MR) is 89.4 cm³/mol. The minimum atomic E-state index is -1.30. The monoisotopic (exact) mass is 358 g/mol. The first-order chi connectivity index (χ1) is 10.5. The molecule has 0 unspecified atom stereocenters. The van der Waals surface area contributed by atoms with Crippen molar-refractivity contribution in [1.82, 2.24) is 5.06 Å². The average molecular weight is 359 g/mol. The lowest BCUT2D eigenvalue weighted by Gasteiger charge is -2.35. The van der Waals surface area contributed by atoms with Gasteiger partial charge in [0, 0.05) is 21.9 Å². The summed E-state index contributed by atoms with van der Waals surface area (Å²) in [5.74, 6) is 0. The summed E-state index contributed by atoms with van der Waals surface area (Å²) in [5.41, 5.74) is 0.950. The maximum atomic E-state index is 12.9. The van der Waals surface area contributed by atoms with Gasteiger partial charge in [0.15, 0.2) is 0 Å². The lowest BCUT2D eigenvalue weighted by molar-refractivity contribution is -0.565. The van der Waals surface area contributed by atoms with Gasteiger partial charge in [-0.3, -0.25) is 0 Å². The second-order valence-electron chi connectivity index (χ2n) is 5.42. The molecule has 0 amide bonds. The van der Waals surface area contributed by atoms with Crippen molar-refractivity contribution in [3.8, 4) is 0 Å². The molecule has 22 heavy (non-hydrogen) atoms. The predicted octanol–water partition coefficient (Wildman–Crippen LogP) is 4.60. The first kappa shape index (κ1) is 14.9. The molecular weight excluding hydrogens is 344 g/mol. The molecule has 2 aromatic carbocycles. The first-order valence-electron chi connectivity index (χ1n) is 6.93. The van der Waals surface area contributed by atoms with Gasteiger partial charge in [0.25, 0.3) is 5.70 Å². The Morgan fingerprint density at radius 2 is 1.68 bits per heavy atom. The SMILES string of the molecule is CC1=C(c2ccccc2)[N+](=O)[C@@](C)(c2ccc(Br)cc2)N1[O-]. The number of benzene rings is 2. The molecular formula is C17H15BrN2O2. The molecule has 2 aromatic rings. The Balaban J connectivity index is 2.11. The Kier molecular flexibility index (Phi) is 3.62. The van der Waals surface area contributed by atoms with E-state index in [1.54, 1.807) is 26.0 Å². The second kappa shape index (κ2) is 5.34. The number of hydrogen-bond acceptors (Lipinski definition) is 3. The van der Waals surface area contributed by atoms with Gasteiger partial charge in [-0.25, -0.2) is 0 Å². The lowest BCUT2D eigenvalue weighted by atomic mass is 10.0. The Hall–Kier alpha value is -1.98. The molecule has 0 bridgehead atoms. The molecule has 1 aliphatic rings. The van der Waals surface area contributed by atoms with E-state index in [9.17, 15) is 10.1 Å². The smallest absolute Gasteiger partial charge is 0.306 e. The quantitative estimate of drug-likeness (QED) is 0.736. The third-order valence-corrected chi connectivity index (χ3v) is 4.61. The van der Waals surface area contributed by atoms with Crippen molar-refractivity contribution in [1.29, 1.82) is 0 Å². The van der Waals surface area contributed by atoms with E-state index >= 15 is 0 Å². The normalized spacial score (nSPS) is 21.6. The van der Waals surface area contributed by atoms with Crippen LogP contribution in [0.2, 0.25) is 0 Å². The maximum Gasteiger partial charge on any atom is 0.306 e. The average Bonchev–Trinajstić information content (AvgIpc) is 2.71. The molecule has 0 saturated heterocycles. The summed E-state index contributed by atoms with van der Waals surface area (Å²) in [6.45, 7) is 3.33. The minimum Gasteiger partial charge on any atom is -0.753 e. The summed E-state index contributed by atoms with van der Waals surface area (Å²) >= 11 is 3.37. The number of hydrogen-bond donors (Lipinski definition) is 0. The van der Waals surface area contributed by atoms with Gasteiger partial charge in [-0.05, 0) is 43.3 Å². The molecule has 0 N–H and O–H groups in total. The van der Waals surface area contributed by atoms with Crippen molar-refractivity contribution >= 4 is 21.6 Å². The van der Waals surface area contributed by atoms with E-state index in [1.807, 2.05) is 42.5 Å². The van der Waals surface area contributed by atoms with Gasteiger partial charge < -0.3 is 10.3 Å². The van der Waals surface area contributed by atoms with Crippen LogP contribution in [0.1, 0.15) is 25.0 Å². The molecule has 112 valence electrons. The highest BCUT2D eigenvalue weighted by atomic mass is 79.9. The summed E-state index contributed by atoms with van der Waals surface area (Å²) in [6.07, 6.45) is 0. The van der Waals surface area contributed by atoms with Gasteiger partial charge in [0.2, 0.25) is 0 Å². The van der Waals surface area contributed by atoms with E-state index in [0.29, 0.717) is 17.0 Å². The van der Waals surface area contributed by atoms with Crippen LogP contribution in [-0.4, -0.2) is 9.82 Å². The Bertz CT molecular complexity index is 756. The number of rotatable bonds is 2. The van der Waals surface area contributed by atoms with Gasteiger partial charge in [0.1, 0.15) is 0 Å². The van der Waals surface area contributed by atoms with Crippen molar-refractivity contribution in [2.24, 2.45) is 0 Å². The maximum absolute atomic E-state index is 12.9. The van der Waals surface area contributed by atoms with Crippen molar-refractivity contribution in [3.63, 3.8) is 0 Å². The van der Waals surface area contributed by atoms with Crippen LogP contribution in [0.4, 0.5) is 0 Å². The number of hydroxylamine groups is 2. The molecule has 4 nitrogen and oxygen atoms in total. The zero-order valence-corrected chi connectivity index (χ0v) is 13.9. The van der Waals surface area contributed by atoms with Crippen LogP contribution < -0.4 is 0 Å². The third kappa shape index (κ3) is 2.09. The molecule has 0 spiro atoms. The summed E-state index contributed by atoms with van der Waals surface area (Å²) < 4.78 is 1.72. The van der Waals surface area contributed by atoms with Crippen molar-refractivity contribution < 1.29 is 4.76 Å². The molecule has 1 atom stereocenters. The highest BCUT2D eigenvalue weighted by molar-refractivity contribution is 9.10. The zero-order valence-electron chi connectivity index (χ0n) is 12.3. The Morgan fingerprint density at radius 3 is 2.27 bits per heavy atom. The Labute approximate surface area is 137 Å². The van der Waals surface area contributed by atoms with Crippen LogP contribution in [0.3, 0.4) is 0 Å². The summed E-state index contributed by atoms with van der Waals surface area (Å²) in [6, 6.07) is 16.5. The molecule has 0 radical (unpaired) electrons. The molecule has 5 heteroatoms. The van der Waals surface area contributed by atoms with E-state index in [2.05, 4.69) is 15.9 Å². The molecule has 1 heterocycles. The fourth-order valence-electron chi connectivity index (χ4n) is 2.79. The van der Waals surface area contributed by atoms with E-state index in [0.717, 1.165) is 19.9 Å². The van der Waals surface area contributed by atoms with Crippen LogP contribution in [0.15, 0.2) is 64.8 Å². The molecule has 0 saturated carbocycles. The molecule has 0 fully saturated rings. The third-order valence-electron chi connectivity index (χ3n) is 4.08. The van der Waals surface area contributed by atoms with Crippen molar-refractivity contribution in [3.05, 3.63) is 86.0 Å². The molecule has 1 aliphatic heterocycles. The lowest BCUT2D eigenvalue weighted by Crippen LogP contribution is -2.41. The highest BCUT2D eigenvalue weighted by Crippen LogP contribution is 2.43. The minimum absolute atomic E-state index is 0.418. The number of halogens is 1. The number of allylic oxidation sites excluding steroid dienone is 1. The van der Waals surface area contributed by atoms with Gasteiger partial charge in [-0.2, -0.15) is 0 Å².